The predicted molar refractivity (Wildman–Crippen MR) is 71.3 cm³/mol. The molecule has 4 heteroatoms. The zero-order chi connectivity index (χ0) is 12.7. The number of nitrogens with one attached hydrogen (secondary N) is 1. The average Bonchev–Trinajstić information content (AvgIpc) is 2.32. The molecule has 0 spiro atoms. The van der Waals surface area contributed by atoms with Crippen LogP contribution in [0.2, 0.25) is 0 Å². The molecule has 0 heterocycles. The Morgan fingerprint density at radius 2 is 2.18 bits per heavy atom. The number of hydrogen-bond donors (Lipinski definition) is 2. The molecule has 3 nitrogen and oxygen atoms in total. The second-order valence-corrected chi connectivity index (χ2v) is 5.26. The number of phenols is 1. The van der Waals surface area contributed by atoms with Crippen LogP contribution in [0.4, 0.5) is 0 Å². The minimum absolute atomic E-state index is 0.0201. The van der Waals surface area contributed by atoms with Crippen LogP contribution in [0, 0.1) is 0 Å². The third kappa shape index (κ3) is 4.69. The maximum absolute atomic E-state index is 11.7. The van der Waals surface area contributed by atoms with Gasteiger partial charge in [-0.25, -0.2) is 0 Å². The lowest BCUT2D eigenvalue weighted by Crippen LogP contribution is -2.31. The van der Waals surface area contributed by atoms with E-state index in [0.717, 1.165) is 24.3 Å². The number of rotatable bonds is 6. The van der Waals surface area contributed by atoms with Gasteiger partial charge in [-0.3, -0.25) is 4.79 Å². The minimum atomic E-state index is -0.194. The van der Waals surface area contributed by atoms with Crippen LogP contribution < -0.4 is 5.32 Å². The molecule has 1 rings (SSSR count). The summed E-state index contributed by atoms with van der Waals surface area (Å²) >= 11 is 1.37. The van der Waals surface area contributed by atoms with Crippen molar-refractivity contribution in [3.63, 3.8) is 0 Å². The van der Waals surface area contributed by atoms with E-state index in [2.05, 4.69) is 12.2 Å². The first-order valence-corrected chi connectivity index (χ1v) is 6.75. The highest BCUT2D eigenvalue weighted by Crippen LogP contribution is 2.30. The van der Waals surface area contributed by atoms with E-state index < -0.39 is 0 Å². The van der Waals surface area contributed by atoms with E-state index in [9.17, 15) is 9.90 Å². The number of carbonyl (C=O) groups excluding carboxylic acids is 1. The highest BCUT2D eigenvalue weighted by Gasteiger charge is 2.15. The zero-order valence-corrected chi connectivity index (χ0v) is 11.1. The average molecular weight is 253 g/mol. The van der Waals surface area contributed by atoms with Gasteiger partial charge in [0.2, 0.25) is 5.91 Å². The molecule has 2 N–H and O–H groups in total. The monoisotopic (exact) mass is 253 g/mol. The van der Waals surface area contributed by atoms with Crippen molar-refractivity contribution in [2.45, 2.75) is 36.8 Å². The van der Waals surface area contributed by atoms with E-state index in [1.54, 1.807) is 12.1 Å². The molecule has 1 aromatic rings. The van der Waals surface area contributed by atoms with Crippen molar-refractivity contribution in [3.8, 4) is 5.75 Å². The smallest absolute Gasteiger partial charge is 0.233 e. The fourth-order valence-corrected chi connectivity index (χ4v) is 2.25. The second-order valence-electron chi connectivity index (χ2n) is 3.87. The Morgan fingerprint density at radius 1 is 1.47 bits per heavy atom. The summed E-state index contributed by atoms with van der Waals surface area (Å²) < 4.78 is 0. The van der Waals surface area contributed by atoms with Gasteiger partial charge in [0.05, 0.1) is 5.25 Å². The number of amides is 1. The number of carbonyl (C=O) groups is 1. The highest BCUT2D eigenvalue weighted by atomic mass is 32.2. The zero-order valence-electron chi connectivity index (χ0n) is 10.3. The Morgan fingerprint density at radius 3 is 2.82 bits per heavy atom. The van der Waals surface area contributed by atoms with Gasteiger partial charge in [0, 0.05) is 11.4 Å². The molecule has 1 amide bonds. The SMILES string of the molecule is CCCCNC(=O)C(C)Sc1ccccc1O. The topological polar surface area (TPSA) is 49.3 Å². The molecular weight excluding hydrogens is 234 g/mol. The van der Waals surface area contributed by atoms with Gasteiger partial charge in [-0.15, -0.1) is 11.8 Å². The molecule has 0 radical (unpaired) electrons. The predicted octanol–water partition coefficient (Wildman–Crippen LogP) is 2.79. The number of para-hydroxylation sites is 1. The lowest BCUT2D eigenvalue weighted by Gasteiger charge is -2.12. The number of benzene rings is 1. The summed E-state index contributed by atoms with van der Waals surface area (Å²) in [7, 11) is 0. The van der Waals surface area contributed by atoms with E-state index in [-0.39, 0.29) is 16.9 Å². The van der Waals surface area contributed by atoms with Crippen molar-refractivity contribution >= 4 is 17.7 Å². The molecule has 17 heavy (non-hydrogen) atoms. The van der Waals surface area contributed by atoms with Crippen molar-refractivity contribution < 1.29 is 9.90 Å². The first-order valence-electron chi connectivity index (χ1n) is 5.87. The summed E-state index contributed by atoms with van der Waals surface area (Å²) in [5.41, 5.74) is 0. The summed E-state index contributed by atoms with van der Waals surface area (Å²) in [6.45, 7) is 4.66. The van der Waals surface area contributed by atoms with E-state index in [4.69, 9.17) is 0 Å². The first-order chi connectivity index (χ1) is 8.15. The van der Waals surface area contributed by atoms with Gasteiger partial charge in [-0.1, -0.05) is 25.5 Å². The van der Waals surface area contributed by atoms with E-state index >= 15 is 0 Å². The van der Waals surface area contributed by atoms with Crippen LogP contribution in [0.1, 0.15) is 26.7 Å². The van der Waals surface area contributed by atoms with Crippen molar-refractivity contribution in [1.82, 2.24) is 5.32 Å². The van der Waals surface area contributed by atoms with Crippen LogP contribution in [-0.4, -0.2) is 22.8 Å². The summed E-state index contributed by atoms with van der Waals surface area (Å²) in [5.74, 6) is 0.248. The van der Waals surface area contributed by atoms with Gasteiger partial charge < -0.3 is 10.4 Å². The van der Waals surface area contributed by atoms with Crippen molar-refractivity contribution in [2.24, 2.45) is 0 Å². The molecule has 0 aromatic heterocycles. The molecule has 0 aliphatic heterocycles. The van der Waals surface area contributed by atoms with E-state index in [0.29, 0.717) is 0 Å². The van der Waals surface area contributed by atoms with Crippen molar-refractivity contribution in [3.05, 3.63) is 24.3 Å². The lowest BCUT2D eigenvalue weighted by molar-refractivity contribution is -0.120. The first kappa shape index (κ1) is 13.9. The molecule has 0 saturated carbocycles. The molecule has 1 aromatic carbocycles. The maximum atomic E-state index is 11.7. The fourth-order valence-electron chi connectivity index (χ4n) is 1.33. The van der Waals surface area contributed by atoms with Crippen LogP contribution in [0.15, 0.2) is 29.2 Å². The molecule has 0 fully saturated rings. The third-order valence-electron chi connectivity index (χ3n) is 2.37. The summed E-state index contributed by atoms with van der Waals surface area (Å²) in [5, 5.41) is 12.3. The lowest BCUT2D eigenvalue weighted by atomic mass is 10.3. The number of hydrogen-bond acceptors (Lipinski definition) is 3. The number of aromatic hydroxyl groups is 1. The van der Waals surface area contributed by atoms with E-state index in [1.807, 2.05) is 19.1 Å². The van der Waals surface area contributed by atoms with Crippen LogP contribution >= 0.6 is 11.8 Å². The molecule has 0 aliphatic carbocycles. The molecule has 1 unspecified atom stereocenters. The Kier molecular flexibility index (Phi) is 5.91. The quantitative estimate of drug-likeness (QED) is 0.605. The van der Waals surface area contributed by atoms with Gasteiger partial charge in [0.1, 0.15) is 5.75 Å². The summed E-state index contributed by atoms with van der Waals surface area (Å²) in [6.07, 6.45) is 2.07. The number of unbranched alkanes of at least 4 members (excludes halogenated alkanes) is 1. The van der Waals surface area contributed by atoms with Gasteiger partial charge in [-0.2, -0.15) is 0 Å². The molecule has 0 bridgehead atoms. The van der Waals surface area contributed by atoms with Crippen LogP contribution in [-0.2, 0) is 4.79 Å². The minimum Gasteiger partial charge on any atom is -0.507 e. The van der Waals surface area contributed by atoms with Crippen LogP contribution in [0.5, 0.6) is 5.75 Å². The van der Waals surface area contributed by atoms with Gasteiger partial charge in [0.25, 0.3) is 0 Å². The van der Waals surface area contributed by atoms with E-state index in [1.165, 1.54) is 11.8 Å². The van der Waals surface area contributed by atoms with Gasteiger partial charge >= 0.3 is 0 Å². The Bertz CT molecular complexity index is 368. The van der Waals surface area contributed by atoms with Crippen molar-refractivity contribution in [2.75, 3.05) is 6.54 Å². The third-order valence-corrected chi connectivity index (χ3v) is 3.53. The Hall–Kier alpha value is -1.16. The Labute approximate surface area is 107 Å². The molecule has 0 saturated heterocycles. The van der Waals surface area contributed by atoms with Gasteiger partial charge in [-0.05, 0) is 25.5 Å². The molecule has 0 aliphatic rings. The standard InChI is InChI=1S/C13H19NO2S/c1-3-4-9-14-13(16)10(2)17-12-8-6-5-7-11(12)15/h5-8,10,15H,3-4,9H2,1-2H3,(H,14,16). The fraction of sp³-hybridized carbons (Fsp3) is 0.462. The number of thioether (sulfide) groups is 1. The molecular formula is C13H19NO2S. The molecule has 1 atom stereocenters. The van der Waals surface area contributed by atoms with Crippen LogP contribution in [0.25, 0.3) is 0 Å². The van der Waals surface area contributed by atoms with Crippen LogP contribution in [0.3, 0.4) is 0 Å². The maximum Gasteiger partial charge on any atom is 0.233 e. The van der Waals surface area contributed by atoms with Gasteiger partial charge in [0.15, 0.2) is 0 Å². The highest BCUT2D eigenvalue weighted by molar-refractivity contribution is 8.00. The molecule has 94 valence electrons. The summed E-state index contributed by atoms with van der Waals surface area (Å²) in [4.78, 5) is 12.5. The summed E-state index contributed by atoms with van der Waals surface area (Å²) in [6, 6.07) is 7.06. The number of phenolic OH excluding ortho intramolecular Hbond substituents is 1. The van der Waals surface area contributed by atoms with Crippen molar-refractivity contribution in [1.29, 1.82) is 0 Å². The Balaban J connectivity index is 2.46. The largest absolute Gasteiger partial charge is 0.507 e. The second kappa shape index (κ2) is 7.22. The normalized spacial score (nSPS) is 12.1.